The highest BCUT2D eigenvalue weighted by atomic mass is 28.3. The van der Waals surface area contributed by atoms with Crippen molar-refractivity contribution < 1.29 is 9.53 Å². The van der Waals surface area contributed by atoms with Gasteiger partial charge in [-0.25, -0.2) is 0 Å². The molecule has 0 bridgehead atoms. The number of ether oxygens (including phenoxy) is 1. The first-order valence-corrected chi connectivity index (χ1v) is 18.4. The Balaban J connectivity index is 1.74. The molecule has 0 spiro atoms. The van der Waals surface area contributed by atoms with Crippen LogP contribution >= 0.6 is 0 Å². The number of carbonyl (C=O) groups is 1. The third kappa shape index (κ3) is 4.78. The summed E-state index contributed by atoms with van der Waals surface area (Å²) in [5.74, 6) is -0.0736. The molecule has 0 aliphatic carbocycles. The second kappa shape index (κ2) is 9.43. The minimum absolute atomic E-state index is 0.00837. The predicted octanol–water partition coefficient (Wildman–Crippen LogP) is 6.61. The zero-order valence-corrected chi connectivity index (χ0v) is 22.5. The van der Waals surface area contributed by atoms with Crippen LogP contribution in [0.5, 0.6) is 0 Å². The summed E-state index contributed by atoms with van der Waals surface area (Å²) in [4.78, 5) is 13.0. The monoisotopic (exact) mass is 472 g/mol. The Labute approximate surface area is 201 Å². The Bertz CT molecular complexity index is 1030. The summed E-state index contributed by atoms with van der Waals surface area (Å²) in [7, 11) is -3.85. The van der Waals surface area contributed by atoms with Crippen LogP contribution < -0.4 is 5.19 Å². The van der Waals surface area contributed by atoms with Gasteiger partial charge >= 0.3 is 5.97 Å². The maximum Gasteiger partial charge on any atom is 0.309 e. The summed E-state index contributed by atoms with van der Waals surface area (Å²) in [5.41, 5.74) is 3.28. The van der Waals surface area contributed by atoms with Gasteiger partial charge < -0.3 is 4.74 Å². The molecule has 1 heterocycles. The lowest BCUT2D eigenvalue weighted by Gasteiger charge is -2.42. The van der Waals surface area contributed by atoms with Crippen molar-refractivity contribution in [2.24, 2.45) is 5.92 Å². The minimum Gasteiger partial charge on any atom is -0.462 e. The Morgan fingerprint density at radius 3 is 1.70 bits per heavy atom. The predicted molar refractivity (Wildman–Crippen MR) is 143 cm³/mol. The van der Waals surface area contributed by atoms with E-state index in [0.717, 1.165) is 6.04 Å². The van der Waals surface area contributed by atoms with Crippen molar-refractivity contribution >= 4 is 27.3 Å². The third-order valence-electron chi connectivity index (χ3n) is 7.71. The van der Waals surface area contributed by atoms with Gasteiger partial charge in [-0.3, -0.25) is 4.79 Å². The molecule has 2 nitrogen and oxygen atoms in total. The maximum atomic E-state index is 13.0. The molecule has 1 saturated heterocycles. The van der Waals surface area contributed by atoms with E-state index in [-0.39, 0.29) is 23.5 Å². The SMILES string of the molecule is C[C@H]1C(=O)O[C@@H](C[Si](C)(C)c2ccccc2)[C@@H]1[Si](C)(C)C(c1ccccc1)c1ccccc1. The first-order valence-electron chi connectivity index (χ1n) is 12.1. The topological polar surface area (TPSA) is 26.3 Å². The van der Waals surface area contributed by atoms with Gasteiger partial charge in [-0.15, -0.1) is 0 Å². The van der Waals surface area contributed by atoms with Crippen LogP contribution in [0.4, 0.5) is 0 Å². The normalized spacial score (nSPS) is 21.3. The van der Waals surface area contributed by atoms with Gasteiger partial charge in [0, 0.05) is 11.1 Å². The molecular formula is C29H36O2Si2. The van der Waals surface area contributed by atoms with Crippen LogP contribution in [0.1, 0.15) is 23.6 Å². The lowest BCUT2D eigenvalue weighted by Crippen LogP contribution is -2.50. The van der Waals surface area contributed by atoms with Crippen LogP contribution in [0.25, 0.3) is 0 Å². The van der Waals surface area contributed by atoms with E-state index in [1.165, 1.54) is 16.3 Å². The number of carbonyl (C=O) groups excluding carboxylic acids is 1. The van der Waals surface area contributed by atoms with Gasteiger partial charge in [0.15, 0.2) is 0 Å². The fraction of sp³-hybridized carbons (Fsp3) is 0.345. The molecule has 3 aromatic carbocycles. The largest absolute Gasteiger partial charge is 0.462 e. The second-order valence-electron chi connectivity index (χ2n) is 10.8. The summed E-state index contributed by atoms with van der Waals surface area (Å²) >= 11 is 0. The molecular weight excluding hydrogens is 436 g/mol. The van der Waals surface area contributed by atoms with E-state index in [2.05, 4.69) is 124 Å². The van der Waals surface area contributed by atoms with Crippen molar-refractivity contribution in [1.82, 2.24) is 0 Å². The third-order valence-corrected chi connectivity index (χ3v) is 15.8. The molecule has 0 aromatic heterocycles. The first-order chi connectivity index (χ1) is 15.7. The highest BCUT2D eigenvalue weighted by Gasteiger charge is 2.55. The standard InChI is InChI=1S/C29H36O2Si2/c1-22-27(26(31-29(22)30)21-32(2,3)25-19-13-8-14-20-25)33(4,5)28(23-15-9-6-10-16-23)24-17-11-7-12-18-24/h6-20,22,26-28H,21H2,1-5H3/t22-,26+,27-/m1/s1. The highest BCUT2D eigenvalue weighted by Crippen LogP contribution is 2.50. The molecule has 0 N–H and O–H groups in total. The highest BCUT2D eigenvalue weighted by molar-refractivity contribution is 6.90. The number of benzene rings is 3. The molecule has 4 heteroatoms. The molecule has 1 fully saturated rings. The van der Waals surface area contributed by atoms with Gasteiger partial charge in [0.1, 0.15) is 6.10 Å². The molecule has 1 aliphatic heterocycles. The molecule has 172 valence electrons. The van der Waals surface area contributed by atoms with Gasteiger partial charge in [-0.05, 0) is 17.2 Å². The Morgan fingerprint density at radius 1 is 0.758 bits per heavy atom. The molecule has 0 unspecified atom stereocenters. The van der Waals surface area contributed by atoms with Crippen molar-refractivity contribution in [2.45, 2.75) is 56.3 Å². The quantitative estimate of drug-likeness (QED) is 0.285. The van der Waals surface area contributed by atoms with Crippen LogP contribution in [0, 0.1) is 5.92 Å². The zero-order chi connectivity index (χ0) is 23.6. The van der Waals surface area contributed by atoms with Gasteiger partial charge in [0.05, 0.1) is 22.1 Å². The lowest BCUT2D eigenvalue weighted by molar-refractivity contribution is -0.143. The van der Waals surface area contributed by atoms with Crippen molar-refractivity contribution in [3.05, 3.63) is 102 Å². The van der Waals surface area contributed by atoms with Crippen LogP contribution in [0.3, 0.4) is 0 Å². The molecule has 0 saturated carbocycles. The number of rotatable bonds is 7. The fourth-order valence-electron chi connectivity index (χ4n) is 6.14. The van der Waals surface area contributed by atoms with Crippen molar-refractivity contribution in [1.29, 1.82) is 0 Å². The van der Waals surface area contributed by atoms with Crippen LogP contribution in [-0.2, 0) is 9.53 Å². The zero-order valence-electron chi connectivity index (χ0n) is 20.5. The number of hydrogen-bond donors (Lipinski definition) is 0. The molecule has 3 aromatic rings. The van der Waals surface area contributed by atoms with Gasteiger partial charge in [-0.1, -0.05) is 129 Å². The molecule has 1 aliphatic rings. The van der Waals surface area contributed by atoms with E-state index in [1.807, 2.05) is 0 Å². The molecule has 0 radical (unpaired) electrons. The fourth-order valence-corrected chi connectivity index (χ4v) is 14.1. The van der Waals surface area contributed by atoms with Crippen LogP contribution in [0.2, 0.25) is 37.8 Å². The summed E-state index contributed by atoms with van der Waals surface area (Å²) in [6, 6.07) is 33.6. The molecule has 4 rings (SSSR count). The Kier molecular flexibility index (Phi) is 6.78. The summed E-state index contributed by atoms with van der Waals surface area (Å²) in [5, 5.41) is 1.43. The summed E-state index contributed by atoms with van der Waals surface area (Å²) in [6.45, 7) is 11.9. The second-order valence-corrected chi connectivity index (χ2v) is 20.5. The van der Waals surface area contributed by atoms with Crippen LogP contribution in [0.15, 0.2) is 91.0 Å². The van der Waals surface area contributed by atoms with Crippen molar-refractivity contribution in [2.75, 3.05) is 0 Å². The Morgan fingerprint density at radius 2 is 1.21 bits per heavy atom. The van der Waals surface area contributed by atoms with Gasteiger partial charge in [0.25, 0.3) is 0 Å². The molecule has 0 amide bonds. The summed E-state index contributed by atoms with van der Waals surface area (Å²) < 4.78 is 6.18. The average Bonchev–Trinajstić information content (AvgIpc) is 3.08. The molecule has 3 atom stereocenters. The summed E-state index contributed by atoms with van der Waals surface area (Å²) in [6.07, 6.45) is -0.00837. The minimum atomic E-state index is -2.07. The number of esters is 1. The van der Waals surface area contributed by atoms with Crippen molar-refractivity contribution in [3.63, 3.8) is 0 Å². The van der Waals surface area contributed by atoms with E-state index >= 15 is 0 Å². The van der Waals surface area contributed by atoms with Crippen LogP contribution in [-0.4, -0.2) is 28.2 Å². The van der Waals surface area contributed by atoms with E-state index in [1.54, 1.807) is 0 Å². The van der Waals surface area contributed by atoms with Crippen molar-refractivity contribution in [3.8, 4) is 0 Å². The Hall–Kier alpha value is -2.44. The van der Waals surface area contributed by atoms with E-state index in [4.69, 9.17) is 4.74 Å². The average molecular weight is 473 g/mol. The van der Waals surface area contributed by atoms with E-state index < -0.39 is 16.1 Å². The first kappa shape index (κ1) is 23.7. The number of cyclic esters (lactones) is 1. The lowest BCUT2D eigenvalue weighted by atomic mass is 10.0. The van der Waals surface area contributed by atoms with E-state index in [0.29, 0.717) is 5.54 Å². The maximum absolute atomic E-state index is 13.0. The smallest absolute Gasteiger partial charge is 0.309 e. The van der Waals surface area contributed by atoms with E-state index in [9.17, 15) is 4.79 Å². The van der Waals surface area contributed by atoms with Gasteiger partial charge in [-0.2, -0.15) is 0 Å². The number of hydrogen-bond acceptors (Lipinski definition) is 2. The van der Waals surface area contributed by atoms with Gasteiger partial charge in [0.2, 0.25) is 0 Å². The molecule has 33 heavy (non-hydrogen) atoms.